The van der Waals surface area contributed by atoms with Crippen LogP contribution in [0.15, 0.2) is 47.7 Å². The lowest BCUT2D eigenvalue weighted by atomic mass is 9.85. The van der Waals surface area contributed by atoms with Crippen molar-refractivity contribution in [3.8, 4) is 0 Å². The predicted octanol–water partition coefficient (Wildman–Crippen LogP) is 3.01. The first-order valence-electron chi connectivity index (χ1n) is 8.11. The van der Waals surface area contributed by atoms with E-state index in [2.05, 4.69) is 16.7 Å². The highest BCUT2D eigenvalue weighted by molar-refractivity contribution is 6.30. The van der Waals surface area contributed by atoms with Gasteiger partial charge in [-0.05, 0) is 67.0 Å². The predicted molar refractivity (Wildman–Crippen MR) is 93.3 cm³/mol. The lowest BCUT2D eigenvalue weighted by molar-refractivity contribution is -0.115. The molecule has 1 atom stereocenters. The highest BCUT2D eigenvalue weighted by atomic mass is 35.5. The average molecular weight is 327 g/mol. The topological polar surface area (TPSA) is 41.1 Å². The molecule has 2 N–H and O–H groups in total. The largest absolute Gasteiger partial charge is 0.380 e. The molecule has 118 valence electrons. The van der Waals surface area contributed by atoms with Gasteiger partial charge in [-0.15, -0.1) is 0 Å². The van der Waals surface area contributed by atoms with Crippen molar-refractivity contribution in [2.75, 3.05) is 13.1 Å². The first-order valence-corrected chi connectivity index (χ1v) is 8.49. The van der Waals surface area contributed by atoms with Gasteiger partial charge >= 0.3 is 0 Å². The Labute approximate surface area is 141 Å². The Hall–Kier alpha value is -1.84. The summed E-state index contributed by atoms with van der Waals surface area (Å²) in [4.78, 5) is 12.7. The number of carbonyl (C=O) groups excluding carboxylic acids is 1. The number of nitrogens with one attached hydrogen (secondary N) is 2. The first kappa shape index (κ1) is 14.7. The molecule has 0 spiro atoms. The van der Waals surface area contributed by atoms with Crippen molar-refractivity contribution in [2.24, 2.45) is 0 Å². The third-order valence-corrected chi connectivity index (χ3v) is 5.09. The molecule has 2 aliphatic heterocycles. The molecular formula is C19H19ClN2O. The van der Waals surface area contributed by atoms with E-state index in [4.69, 9.17) is 11.6 Å². The average Bonchev–Trinajstić information content (AvgIpc) is 2.70. The lowest BCUT2D eigenvalue weighted by Gasteiger charge is -2.28. The Morgan fingerprint density at radius 2 is 2.00 bits per heavy atom. The van der Waals surface area contributed by atoms with E-state index in [1.54, 1.807) is 0 Å². The molecule has 0 amide bonds. The van der Waals surface area contributed by atoms with Gasteiger partial charge in [-0.2, -0.15) is 0 Å². The van der Waals surface area contributed by atoms with E-state index in [1.165, 1.54) is 16.7 Å². The Bertz CT molecular complexity index is 753. The first-order chi connectivity index (χ1) is 11.2. The third-order valence-electron chi connectivity index (χ3n) is 4.85. The maximum absolute atomic E-state index is 12.7. The van der Waals surface area contributed by atoms with Crippen LogP contribution in [-0.2, 0) is 11.2 Å². The molecule has 1 aromatic carbocycles. The van der Waals surface area contributed by atoms with Crippen LogP contribution in [0.4, 0.5) is 0 Å². The van der Waals surface area contributed by atoms with E-state index in [1.807, 2.05) is 30.5 Å². The molecule has 1 unspecified atom stereocenters. The minimum absolute atomic E-state index is 0.0389. The van der Waals surface area contributed by atoms with E-state index < -0.39 is 0 Å². The fourth-order valence-electron chi connectivity index (χ4n) is 3.78. The molecule has 2 heterocycles. The smallest absolute Gasteiger partial charge is 0.165 e. The van der Waals surface area contributed by atoms with Crippen LogP contribution in [0.3, 0.4) is 0 Å². The van der Waals surface area contributed by atoms with Gasteiger partial charge in [0.2, 0.25) is 0 Å². The van der Waals surface area contributed by atoms with Gasteiger partial charge in [0.25, 0.3) is 0 Å². The quantitative estimate of drug-likeness (QED) is 0.770. The zero-order valence-corrected chi connectivity index (χ0v) is 13.6. The summed E-state index contributed by atoms with van der Waals surface area (Å²) in [5.74, 6) is 0.180. The van der Waals surface area contributed by atoms with Crippen molar-refractivity contribution in [2.45, 2.75) is 25.3 Å². The van der Waals surface area contributed by atoms with Crippen LogP contribution in [0.5, 0.6) is 0 Å². The summed E-state index contributed by atoms with van der Waals surface area (Å²) in [5, 5.41) is 7.52. The van der Waals surface area contributed by atoms with E-state index in [0.29, 0.717) is 11.4 Å². The molecule has 3 aliphatic rings. The number of hydrogen-bond donors (Lipinski definition) is 2. The van der Waals surface area contributed by atoms with Crippen LogP contribution in [0, 0.1) is 0 Å². The number of rotatable bonds is 0. The van der Waals surface area contributed by atoms with Gasteiger partial charge in [0.15, 0.2) is 5.78 Å². The second-order valence-corrected chi connectivity index (χ2v) is 6.69. The second-order valence-electron chi connectivity index (χ2n) is 6.25. The van der Waals surface area contributed by atoms with Crippen LogP contribution < -0.4 is 10.6 Å². The Morgan fingerprint density at radius 1 is 1.17 bits per heavy atom. The fourth-order valence-corrected chi connectivity index (χ4v) is 3.97. The molecule has 4 heteroatoms. The molecule has 0 saturated carbocycles. The van der Waals surface area contributed by atoms with Crippen molar-refractivity contribution in [1.29, 1.82) is 0 Å². The number of benzene rings is 1. The molecule has 1 aliphatic carbocycles. The van der Waals surface area contributed by atoms with Crippen LogP contribution >= 0.6 is 11.6 Å². The Balaban J connectivity index is 1.94. The van der Waals surface area contributed by atoms with E-state index in [0.717, 1.165) is 37.1 Å². The minimum Gasteiger partial charge on any atom is -0.380 e. The normalized spacial score (nSPS) is 23.6. The molecule has 4 rings (SSSR count). The number of Topliss-reactive ketones (excluding diaryl/α,β-unsaturated/α-hetero) is 1. The number of carbonyl (C=O) groups is 1. The molecule has 0 bridgehead atoms. The summed E-state index contributed by atoms with van der Waals surface area (Å²) in [6, 6.07) is 5.92. The lowest BCUT2D eigenvalue weighted by Crippen LogP contribution is -2.34. The van der Waals surface area contributed by atoms with Crippen LogP contribution in [0.1, 0.15) is 24.0 Å². The van der Waals surface area contributed by atoms with Crippen molar-refractivity contribution in [3.63, 3.8) is 0 Å². The fraction of sp³-hybridized carbons (Fsp3) is 0.316. The highest BCUT2D eigenvalue weighted by Gasteiger charge is 2.33. The monoisotopic (exact) mass is 326 g/mol. The van der Waals surface area contributed by atoms with Gasteiger partial charge in [-0.25, -0.2) is 0 Å². The number of halogens is 1. The maximum atomic E-state index is 12.7. The van der Waals surface area contributed by atoms with E-state index in [-0.39, 0.29) is 11.8 Å². The van der Waals surface area contributed by atoms with Crippen LogP contribution in [0.2, 0.25) is 5.02 Å². The number of piperidine rings is 1. The molecule has 1 aromatic rings. The number of fused-ring (bicyclic) bond motifs is 2. The molecule has 0 radical (unpaired) electrons. The zero-order chi connectivity index (χ0) is 15.8. The van der Waals surface area contributed by atoms with Gasteiger partial charge in [0.05, 0.1) is 6.04 Å². The molecule has 1 saturated heterocycles. The Kier molecular flexibility index (Phi) is 3.83. The number of ketones is 1. The molecule has 23 heavy (non-hydrogen) atoms. The number of allylic oxidation sites excluding steroid dienone is 2. The summed E-state index contributed by atoms with van der Waals surface area (Å²) in [6.45, 7) is 1.99. The molecule has 0 aromatic heterocycles. The van der Waals surface area contributed by atoms with Gasteiger partial charge in [0, 0.05) is 17.0 Å². The Morgan fingerprint density at radius 3 is 2.83 bits per heavy atom. The van der Waals surface area contributed by atoms with Crippen molar-refractivity contribution < 1.29 is 4.79 Å². The SMILES string of the molecule is O=C1Cc2cc(Cl)ccc2C(=C2CCNCC2)C2NC=CC=C12. The standard InChI is InChI=1S/C19H19ClN2O/c20-14-3-4-15-13(10-14)11-17(23)16-2-1-7-22-19(16)18(15)12-5-8-21-9-6-12/h1-4,7,10,19,21-22H,5-6,8-9,11H2. The molecular weight excluding hydrogens is 308 g/mol. The third kappa shape index (κ3) is 2.64. The maximum Gasteiger partial charge on any atom is 0.165 e. The van der Waals surface area contributed by atoms with Gasteiger partial charge in [-0.3, -0.25) is 4.79 Å². The highest BCUT2D eigenvalue weighted by Crippen LogP contribution is 2.38. The van der Waals surface area contributed by atoms with Crippen molar-refractivity contribution in [3.05, 3.63) is 63.8 Å². The summed E-state index contributed by atoms with van der Waals surface area (Å²) in [7, 11) is 0. The molecule has 3 nitrogen and oxygen atoms in total. The second kappa shape index (κ2) is 5.99. The summed E-state index contributed by atoms with van der Waals surface area (Å²) in [6.07, 6.45) is 8.28. The van der Waals surface area contributed by atoms with E-state index >= 15 is 0 Å². The van der Waals surface area contributed by atoms with Crippen LogP contribution in [-0.4, -0.2) is 24.9 Å². The minimum atomic E-state index is -0.0389. The molecule has 1 fully saturated rings. The van der Waals surface area contributed by atoms with Gasteiger partial charge in [0.1, 0.15) is 0 Å². The van der Waals surface area contributed by atoms with Crippen molar-refractivity contribution >= 4 is 23.0 Å². The van der Waals surface area contributed by atoms with Gasteiger partial charge in [-0.1, -0.05) is 29.3 Å². The summed E-state index contributed by atoms with van der Waals surface area (Å²) in [5.41, 5.74) is 5.80. The number of dihydropyridines is 1. The number of hydrogen-bond acceptors (Lipinski definition) is 3. The summed E-state index contributed by atoms with van der Waals surface area (Å²) >= 11 is 6.18. The van der Waals surface area contributed by atoms with E-state index in [9.17, 15) is 4.79 Å². The zero-order valence-electron chi connectivity index (χ0n) is 12.9. The summed E-state index contributed by atoms with van der Waals surface area (Å²) < 4.78 is 0. The van der Waals surface area contributed by atoms with Gasteiger partial charge < -0.3 is 10.6 Å². The van der Waals surface area contributed by atoms with Crippen molar-refractivity contribution in [1.82, 2.24) is 10.6 Å². The van der Waals surface area contributed by atoms with Crippen LogP contribution in [0.25, 0.3) is 5.57 Å².